The lowest BCUT2D eigenvalue weighted by atomic mass is 10.1. The summed E-state index contributed by atoms with van der Waals surface area (Å²) in [6.07, 6.45) is 5.25. The van der Waals surface area contributed by atoms with Gasteiger partial charge in [0.15, 0.2) is 0 Å². The second kappa shape index (κ2) is 5.27. The summed E-state index contributed by atoms with van der Waals surface area (Å²) in [5, 5.41) is 8.65. The van der Waals surface area contributed by atoms with Crippen molar-refractivity contribution in [1.29, 1.82) is 0 Å². The summed E-state index contributed by atoms with van der Waals surface area (Å²) in [6.45, 7) is 1.89. The molecule has 1 fully saturated rings. The quantitative estimate of drug-likeness (QED) is 0.609. The summed E-state index contributed by atoms with van der Waals surface area (Å²) in [7, 11) is 0. The molecular weight excluding hydrogens is 154 g/mol. The fourth-order valence-corrected chi connectivity index (χ4v) is 1.89. The molecule has 1 rings (SSSR count). The van der Waals surface area contributed by atoms with E-state index in [1.165, 1.54) is 12.8 Å². The van der Waals surface area contributed by atoms with E-state index in [1.54, 1.807) is 0 Å². The number of hydrogen-bond acceptors (Lipinski definition) is 3. The van der Waals surface area contributed by atoms with E-state index < -0.39 is 0 Å². The van der Waals surface area contributed by atoms with Gasteiger partial charge in [-0.05, 0) is 32.2 Å². The van der Waals surface area contributed by atoms with Crippen LogP contribution in [0.25, 0.3) is 0 Å². The summed E-state index contributed by atoms with van der Waals surface area (Å²) >= 11 is 0. The highest BCUT2D eigenvalue weighted by Gasteiger charge is 2.22. The van der Waals surface area contributed by atoms with Gasteiger partial charge < -0.3 is 9.90 Å². The standard InChI is InChI=1S/C9H17NO2/c11-7-2-4-9-3-1-5-10(9)6-8-12/h8-9,11H,1-7H2. The van der Waals surface area contributed by atoms with Gasteiger partial charge in [-0.2, -0.15) is 0 Å². The first-order chi connectivity index (χ1) is 5.88. The Bertz CT molecular complexity index is 138. The van der Waals surface area contributed by atoms with Gasteiger partial charge in [-0.1, -0.05) is 0 Å². The smallest absolute Gasteiger partial charge is 0.133 e. The van der Waals surface area contributed by atoms with Crippen molar-refractivity contribution in [3.63, 3.8) is 0 Å². The van der Waals surface area contributed by atoms with E-state index in [0.717, 1.165) is 25.7 Å². The van der Waals surface area contributed by atoms with Crippen LogP contribution in [0.2, 0.25) is 0 Å². The minimum Gasteiger partial charge on any atom is -0.396 e. The second-order valence-corrected chi connectivity index (χ2v) is 3.32. The van der Waals surface area contributed by atoms with Gasteiger partial charge in [0.2, 0.25) is 0 Å². The van der Waals surface area contributed by atoms with E-state index in [9.17, 15) is 4.79 Å². The van der Waals surface area contributed by atoms with E-state index in [4.69, 9.17) is 5.11 Å². The van der Waals surface area contributed by atoms with Crippen LogP contribution in [0.4, 0.5) is 0 Å². The van der Waals surface area contributed by atoms with E-state index >= 15 is 0 Å². The fourth-order valence-electron chi connectivity index (χ4n) is 1.89. The van der Waals surface area contributed by atoms with Crippen LogP contribution in [0.1, 0.15) is 25.7 Å². The molecule has 0 aromatic rings. The molecule has 1 atom stereocenters. The van der Waals surface area contributed by atoms with E-state index in [1.807, 2.05) is 0 Å². The molecule has 3 nitrogen and oxygen atoms in total. The van der Waals surface area contributed by atoms with Crippen LogP contribution in [0.15, 0.2) is 0 Å². The van der Waals surface area contributed by atoms with Crippen LogP contribution in [-0.2, 0) is 4.79 Å². The summed E-state index contributed by atoms with van der Waals surface area (Å²) in [5.74, 6) is 0. The van der Waals surface area contributed by atoms with Gasteiger partial charge in [0.25, 0.3) is 0 Å². The predicted octanol–water partition coefficient (Wildman–Crippen LogP) is 0.422. The first-order valence-corrected chi connectivity index (χ1v) is 4.67. The SMILES string of the molecule is O=CCN1CCCC1CCCO. The Kier molecular flexibility index (Phi) is 4.25. The lowest BCUT2D eigenvalue weighted by molar-refractivity contribution is -0.109. The largest absolute Gasteiger partial charge is 0.396 e. The van der Waals surface area contributed by atoms with Gasteiger partial charge in [0.05, 0.1) is 6.54 Å². The summed E-state index contributed by atoms with van der Waals surface area (Å²) < 4.78 is 0. The number of carbonyl (C=O) groups is 1. The molecule has 0 saturated carbocycles. The Morgan fingerprint density at radius 1 is 1.58 bits per heavy atom. The van der Waals surface area contributed by atoms with Crippen LogP contribution >= 0.6 is 0 Å². The summed E-state index contributed by atoms with van der Waals surface area (Å²) in [4.78, 5) is 12.5. The van der Waals surface area contributed by atoms with E-state index in [-0.39, 0.29) is 6.61 Å². The maximum absolute atomic E-state index is 10.3. The molecule has 3 heteroatoms. The lowest BCUT2D eigenvalue weighted by Gasteiger charge is -2.21. The minimum atomic E-state index is 0.269. The maximum Gasteiger partial charge on any atom is 0.133 e. The Labute approximate surface area is 73.4 Å². The summed E-state index contributed by atoms with van der Waals surface area (Å²) in [6, 6.07) is 0.544. The second-order valence-electron chi connectivity index (χ2n) is 3.32. The van der Waals surface area contributed by atoms with Crippen LogP contribution in [-0.4, -0.2) is 42.0 Å². The molecule has 1 heterocycles. The van der Waals surface area contributed by atoms with Crippen LogP contribution in [0.5, 0.6) is 0 Å². The highest BCUT2D eigenvalue weighted by Crippen LogP contribution is 2.19. The van der Waals surface area contributed by atoms with Crippen LogP contribution in [0, 0.1) is 0 Å². The van der Waals surface area contributed by atoms with Gasteiger partial charge in [-0.25, -0.2) is 0 Å². The maximum atomic E-state index is 10.3. The number of carbonyl (C=O) groups excluding carboxylic acids is 1. The zero-order valence-electron chi connectivity index (χ0n) is 7.41. The van der Waals surface area contributed by atoms with Crippen molar-refractivity contribution in [3.8, 4) is 0 Å². The molecule has 1 aliphatic rings. The monoisotopic (exact) mass is 171 g/mol. The third-order valence-electron chi connectivity index (χ3n) is 2.50. The van der Waals surface area contributed by atoms with E-state index in [0.29, 0.717) is 12.6 Å². The predicted molar refractivity (Wildman–Crippen MR) is 47.0 cm³/mol. The van der Waals surface area contributed by atoms with Gasteiger partial charge >= 0.3 is 0 Å². The van der Waals surface area contributed by atoms with Crippen molar-refractivity contribution in [2.24, 2.45) is 0 Å². The molecule has 0 aromatic heterocycles. The molecule has 0 aromatic carbocycles. The van der Waals surface area contributed by atoms with Crippen molar-refractivity contribution >= 4 is 6.29 Å². The molecule has 70 valence electrons. The zero-order valence-corrected chi connectivity index (χ0v) is 7.41. The molecule has 12 heavy (non-hydrogen) atoms. The fraction of sp³-hybridized carbons (Fsp3) is 0.889. The van der Waals surface area contributed by atoms with Crippen molar-refractivity contribution in [2.75, 3.05) is 19.7 Å². The Morgan fingerprint density at radius 3 is 3.08 bits per heavy atom. The average molecular weight is 171 g/mol. The third-order valence-corrected chi connectivity index (χ3v) is 2.50. The number of aliphatic hydroxyl groups is 1. The third kappa shape index (κ3) is 2.57. The van der Waals surface area contributed by atoms with Gasteiger partial charge in [-0.15, -0.1) is 0 Å². The molecule has 1 aliphatic heterocycles. The molecule has 0 radical (unpaired) electrons. The van der Waals surface area contributed by atoms with Crippen LogP contribution < -0.4 is 0 Å². The Hall–Kier alpha value is -0.410. The topological polar surface area (TPSA) is 40.5 Å². The highest BCUT2D eigenvalue weighted by molar-refractivity contribution is 5.52. The Balaban J connectivity index is 2.25. The van der Waals surface area contributed by atoms with Gasteiger partial charge in [-0.3, -0.25) is 4.90 Å². The molecule has 0 spiro atoms. The van der Waals surface area contributed by atoms with Gasteiger partial charge in [0, 0.05) is 12.6 Å². The number of nitrogens with zero attached hydrogens (tertiary/aromatic N) is 1. The number of rotatable bonds is 5. The molecule has 1 unspecified atom stereocenters. The molecule has 0 aliphatic carbocycles. The number of hydrogen-bond donors (Lipinski definition) is 1. The van der Waals surface area contributed by atoms with Crippen molar-refractivity contribution in [1.82, 2.24) is 4.90 Å². The molecule has 0 bridgehead atoms. The van der Waals surface area contributed by atoms with Crippen molar-refractivity contribution < 1.29 is 9.90 Å². The number of aldehydes is 1. The molecule has 1 N–H and O–H groups in total. The first-order valence-electron chi connectivity index (χ1n) is 4.67. The average Bonchev–Trinajstić information content (AvgIpc) is 2.50. The van der Waals surface area contributed by atoms with Crippen LogP contribution in [0.3, 0.4) is 0 Å². The molecule has 1 saturated heterocycles. The first kappa shape index (κ1) is 9.68. The van der Waals surface area contributed by atoms with Crippen molar-refractivity contribution in [3.05, 3.63) is 0 Å². The molecular formula is C9H17NO2. The minimum absolute atomic E-state index is 0.269. The summed E-state index contributed by atoms with van der Waals surface area (Å²) in [5.41, 5.74) is 0. The Morgan fingerprint density at radius 2 is 2.42 bits per heavy atom. The van der Waals surface area contributed by atoms with Crippen molar-refractivity contribution in [2.45, 2.75) is 31.7 Å². The number of likely N-dealkylation sites (tertiary alicyclic amines) is 1. The van der Waals surface area contributed by atoms with Gasteiger partial charge in [0.1, 0.15) is 6.29 Å². The lowest BCUT2D eigenvalue weighted by Crippen LogP contribution is -2.31. The zero-order chi connectivity index (χ0) is 8.81. The normalized spacial score (nSPS) is 24.6. The highest BCUT2D eigenvalue weighted by atomic mass is 16.2. The van der Waals surface area contributed by atoms with E-state index in [2.05, 4.69) is 4.90 Å². The number of aliphatic hydroxyl groups excluding tert-OH is 1. The molecule has 0 amide bonds.